The number of allylic oxidation sites excluding steroid dienone is 4. The van der Waals surface area contributed by atoms with Crippen molar-refractivity contribution in [2.75, 3.05) is 13.2 Å². The van der Waals surface area contributed by atoms with Gasteiger partial charge in [0.2, 0.25) is 0 Å². The molecule has 0 saturated heterocycles. The van der Waals surface area contributed by atoms with Crippen LogP contribution < -0.4 is 0 Å². The van der Waals surface area contributed by atoms with Crippen molar-refractivity contribution in [1.82, 2.24) is 0 Å². The third-order valence-corrected chi connectivity index (χ3v) is 9.22. The van der Waals surface area contributed by atoms with Gasteiger partial charge in [-0.15, -0.1) is 0 Å². The summed E-state index contributed by atoms with van der Waals surface area (Å²) in [7, 11) is 0. The quantitative estimate of drug-likeness (QED) is 0.0400. The normalized spacial score (nSPS) is 12.3. The maximum Gasteiger partial charge on any atom is 0.306 e. The molecule has 0 aromatic carbocycles. The van der Waals surface area contributed by atoms with Gasteiger partial charge in [0.25, 0.3) is 0 Å². The molecular weight excluding hydrogens is 596 g/mol. The fourth-order valence-corrected chi connectivity index (χ4v) is 6.01. The summed E-state index contributed by atoms with van der Waals surface area (Å²) in [4.78, 5) is 24.3. The number of rotatable bonds is 38. The summed E-state index contributed by atoms with van der Waals surface area (Å²) in [5.74, 6) is -0.594. The van der Waals surface area contributed by atoms with Crippen LogP contribution in [0, 0.1) is 0 Å². The molecule has 0 amide bonds. The van der Waals surface area contributed by atoms with Crippen LogP contribution in [0.2, 0.25) is 0 Å². The number of esters is 2. The van der Waals surface area contributed by atoms with E-state index in [1.165, 1.54) is 154 Å². The van der Waals surface area contributed by atoms with Crippen LogP contribution in [0.4, 0.5) is 0 Å². The maximum absolute atomic E-state index is 12.2. The Morgan fingerprint density at radius 2 is 0.771 bits per heavy atom. The molecule has 0 radical (unpaired) electrons. The molecule has 0 aliphatic carbocycles. The summed E-state index contributed by atoms with van der Waals surface area (Å²) in [6.45, 7) is 4.13. The molecule has 1 unspecified atom stereocenters. The molecule has 0 heterocycles. The number of hydrogen-bond acceptors (Lipinski definition) is 5. The summed E-state index contributed by atoms with van der Waals surface area (Å²) in [6.07, 6.45) is 46.7. The first-order valence-electron chi connectivity index (χ1n) is 20.9. The Labute approximate surface area is 298 Å². The lowest BCUT2D eigenvalue weighted by molar-refractivity contribution is -0.161. The van der Waals surface area contributed by atoms with Gasteiger partial charge in [-0.1, -0.05) is 167 Å². The Morgan fingerprint density at radius 1 is 0.458 bits per heavy atom. The monoisotopic (exact) mass is 677 g/mol. The number of unbranched alkanes of at least 4 members (excludes halogenated alkanes) is 26. The van der Waals surface area contributed by atoms with Crippen molar-refractivity contribution in [3.8, 4) is 0 Å². The van der Waals surface area contributed by atoms with Crippen LogP contribution >= 0.6 is 0 Å². The lowest BCUT2D eigenvalue weighted by Gasteiger charge is -2.15. The third kappa shape index (κ3) is 37.2. The molecule has 5 nitrogen and oxygen atoms in total. The van der Waals surface area contributed by atoms with Gasteiger partial charge < -0.3 is 14.6 Å². The van der Waals surface area contributed by atoms with Gasteiger partial charge >= 0.3 is 11.9 Å². The molecule has 5 heteroatoms. The molecule has 0 aliphatic rings. The molecule has 0 aromatic rings. The highest BCUT2D eigenvalue weighted by Crippen LogP contribution is 2.14. The highest BCUT2D eigenvalue weighted by atomic mass is 16.6. The standard InChI is InChI=1S/C43H80O5/c1-3-5-7-9-11-13-15-17-19-21-23-25-27-29-31-33-35-37-42(45)47-40-41(39-44)48-43(46)38-36-34-32-30-28-26-24-22-20-18-16-14-12-10-8-6-4-2/h17-20,41,44H,3-16,21-40H2,1-2H3. The van der Waals surface area contributed by atoms with Crippen molar-refractivity contribution >= 4 is 11.9 Å². The Hall–Kier alpha value is -1.62. The van der Waals surface area contributed by atoms with Crippen molar-refractivity contribution in [1.29, 1.82) is 0 Å². The Kier molecular flexibility index (Phi) is 38.5. The van der Waals surface area contributed by atoms with Crippen molar-refractivity contribution < 1.29 is 24.2 Å². The summed E-state index contributed by atoms with van der Waals surface area (Å²) >= 11 is 0. The van der Waals surface area contributed by atoms with Gasteiger partial charge in [0.05, 0.1) is 6.61 Å². The van der Waals surface area contributed by atoms with Crippen LogP contribution in [-0.2, 0) is 19.1 Å². The van der Waals surface area contributed by atoms with Gasteiger partial charge in [-0.25, -0.2) is 0 Å². The molecule has 0 rings (SSSR count). The predicted molar refractivity (Wildman–Crippen MR) is 205 cm³/mol. The van der Waals surface area contributed by atoms with Crippen molar-refractivity contribution in [3.05, 3.63) is 24.3 Å². The zero-order chi connectivity index (χ0) is 35.0. The van der Waals surface area contributed by atoms with Crippen LogP contribution in [0.5, 0.6) is 0 Å². The topological polar surface area (TPSA) is 72.8 Å². The van der Waals surface area contributed by atoms with Crippen molar-refractivity contribution in [2.24, 2.45) is 0 Å². The highest BCUT2D eigenvalue weighted by molar-refractivity contribution is 5.70. The predicted octanol–water partition coefficient (Wildman–Crippen LogP) is 13.1. The summed E-state index contributed by atoms with van der Waals surface area (Å²) in [6, 6.07) is 0. The van der Waals surface area contributed by atoms with Gasteiger partial charge in [0.15, 0.2) is 6.10 Å². The van der Waals surface area contributed by atoms with Crippen LogP contribution in [0.25, 0.3) is 0 Å². The van der Waals surface area contributed by atoms with Gasteiger partial charge in [-0.2, -0.15) is 0 Å². The van der Waals surface area contributed by atoms with Crippen molar-refractivity contribution in [3.63, 3.8) is 0 Å². The molecule has 48 heavy (non-hydrogen) atoms. The van der Waals surface area contributed by atoms with Crippen LogP contribution in [0.15, 0.2) is 24.3 Å². The smallest absolute Gasteiger partial charge is 0.306 e. The second-order valence-corrected chi connectivity index (χ2v) is 14.1. The van der Waals surface area contributed by atoms with Crippen LogP contribution in [-0.4, -0.2) is 36.4 Å². The minimum atomic E-state index is -0.772. The molecule has 1 atom stereocenters. The summed E-state index contributed by atoms with van der Waals surface area (Å²) in [5.41, 5.74) is 0. The van der Waals surface area contributed by atoms with E-state index in [0.717, 1.165) is 38.5 Å². The van der Waals surface area contributed by atoms with E-state index in [0.29, 0.717) is 12.8 Å². The summed E-state index contributed by atoms with van der Waals surface area (Å²) in [5, 5.41) is 9.56. The van der Waals surface area contributed by atoms with E-state index >= 15 is 0 Å². The van der Waals surface area contributed by atoms with E-state index in [9.17, 15) is 14.7 Å². The Morgan fingerprint density at radius 3 is 1.12 bits per heavy atom. The molecule has 0 aliphatic heterocycles. The first-order chi connectivity index (χ1) is 23.6. The van der Waals surface area contributed by atoms with E-state index in [4.69, 9.17) is 9.47 Å². The van der Waals surface area contributed by atoms with E-state index < -0.39 is 6.10 Å². The molecule has 0 fully saturated rings. The molecule has 282 valence electrons. The van der Waals surface area contributed by atoms with E-state index in [2.05, 4.69) is 38.2 Å². The minimum Gasteiger partial charge on any atom is -0.462 e. The summed E-state index contributed by atoms with van der Waals surface area (Å²) < 4.78 is 10.6. The first-order valence-corrected chi connectivity index (χ1v) is 20.9. The molecule has 0 bridgehead atoms. The molecular formula is C43H80O5. The average Bonchev–Trinajstić information content (AvgIpc) is 3.09. The van der Waals surface area contributed by atoms with Gasteiger partial charge in [0, 0.05) is 12.8 Å². The molecule has 1 N–H and O–H groups in total. The number of ether oxygens (including phenoxy) is 2. The lowest BCUT2D eigenvalue weighted by atomic mass is 10.1. The third-order valence-electron chi connectivity index (χ3n) is 9.22. The van der Waals surface area contributed by atoms with Gasteiger partial charge in [0.1, 0.15) is 6.61 Å². The lowest BCUT2D eigenvalue weighted by Crippen LogP contribution is -2.28. The van der Waals surface area contributed by atoms with Crippen LogP contribution in [0.3, 0.4) is 0 Å². The second-order valence-electron chi connectivity index (χ2n) is 14.1. The van der Waals surface area contributed by atoms with Gasteiger partial charge in [-0.05, 0) is 64.2 Å². The van der Waals surface area contributed by atoms with E-state index in [1.54, 1.807) is 0 Å². The number of hydrogen-bond donors (Lipinski definition) is 1. The maximum atomic E-state index is 12.2. The SMILES string of the molecule is CCCCCCCCC=CCCCCCCCCCC(=O)OCC(CO)OC(=O)CCCCCCCCCC=CCCCCCCCC. The molecule has 0 saturated carbocycles. The van der Waals surface area contributed by atoms with E-state index in [-0.39, 0.29) is 25.2 Å². The molecule has 0 aromatic heterocycles. The second kappa shape index (κ2) is 39.8. The van der Waals surface area contributed by atoms with Crippen LogP contribution in [0.1, 0.15) is 219 Å². The average molecular weight is 677 g/mol. The van der Waals surface area contributed by atoms with Crippen molar-refractivity contribution in [2.45, 2.75) is 225 Å². The van der Waals surface area contributed by atoms with Gasteiger partial charge in [-0.3, -0.25) is 9.59 Å². The zero-order valence-corrected chi connectivity index (χ0v) is 32.0. The first kappa shape index (κ1) is 46.4. The minimum absolute atomic E-state index is 0.0668. The highest BCUT2D eigenvalue weighted by Gasteiger charge is 2.16. The Balaban J connectivity index is 3.53. The fourth-order valence-electron chi connectivity index (χ4n) is 6.01. The number of aliphatic hydroxyl groups is 1. The fraction of sp³-hybridized carbons (Fsp3) is 0.860. The Bertz CT molecular complexity index is 731. The largest absolute Gasteiger partial charge is 0.462 e. The zero-order valence-electron chi connectivity index (χ0n) is 32.0. The number of aliphatic hydroxyl groups excluding tert-OH is 1. The number of carbonyl (C=O) groups excluding carboxylic acids is 2. The molecule has 0 spiro atoms. The van der Waals surface area contributed by atoms with E-state index in [1.807, 2.05) is 0 Å². The number of carbonyl (C=O) groups is 2.